The lowest BCUT2D eigenvalue weighted by atomic mass is 9.99. The first-order valence-electron chi connectivity index (χ1n) is 6.13. The molecule has 1 aliphatic heterocycles. The molecule has 0 aromatic heterocycles. The molecule has 1 aromatic rings. The van der Waals surface area contributed by atoms with E-state index in [-0.39, 0.29) is 17.7 Å². The maximum Gasteiger partial charge on any atom is 0.261 e. The largest absolute Gasteiger partial charge is 0.330 e. The molecule has 0 fully saturated rings. The predicted octanol–water partition coefficient (Wildman–Crippen LogP) is 1.49. The van der Waals surface area contributed by atoms with E-state index < -0.39 is 0 Å². The average molecular weight is 246 g/mol. The fourth-order valence-corrected chi connectivity index (χ4v) is 2.28. The molecule has 96 valence electrons. The van der Waals surface area contributed by atoms with Crippen LogP contribution < -0.4 is 5.73 Å². The van der Waals surface area contributed by atoms with E-state index in [0.717, 1.165) is 11.1 Å². The van der Waals surface area contributed by atoms with Gasteiger partial charge in [0, 0.05) is 6.54 Å². The summed E-state index contributed by atoms with van der Waals surface area (Å²) in [5.74, 6) is -0.249. The van der Waals surface area contributed by atoms with Crippen molar-refractivity contribution in [3.8, 4) is 0 Å². The number of nitrogens with two attached hydrogens (primary N) is 1. The fourth-order valence-electron chi connectivity index (χ4n) is 2.28. The number of hydrogen-bond acceptors (Lipinski definition) is 3. The third kappa shape index (κ3) is 1.82. The maximum atomic E-state index is 12.3. The number of nitrogens with zero attached hydrogens (tertiary/aromatic N) is 1. The Bertz CT molecular complexity index is 482. The van der Waals surface area contributed by atoms with E-state index in [0.29, 0.717) is 24.2 Å². The number of aryl methyl sites for hydroxylation is 2. The molecule has 1 atom stereocenters. The molecule has 0 spiro atoms. The van der Waals surface area contributed by atoms with Crippen molar-refractivity contribution in [2.45, 2.75) is 20.8 Å². The van der Waals surface area contributed by atoms with Crippen LogP contribution in [0.5, 0.6) is 0 Å². The van der Waals surface area contributed by atoms with E-state index in [2.05, 4.69) is 0 Å². The third-order valence-electron chi connectivity index (χ3n) is 3.44. The van der Waals surface area contributed by atoms with Gasteiger partial charge in [-0.15, -0.1) is 0 Å². The Balaban J connectivity index is 2.44. The Hall–Kier alpha value is -1.68. The second-order valence-electron chi connectivity index (χ2n) is 5.01. The van der Waals surface area contributed by atoms with Gasteiger partial charge in [0.05, 0.1) is 11.1 Å². The van der Waals surface area contributed by atoms with Crippen LogP contribution in [0.4, 0.5) is 0 Å². The van der Waals surface area contributed by atoms with Gasteiger partial charge in [0.1, 0.15) is 0 Å². The number of imide groups is 1. The average Bonchev–Trinajstić information content (AvgIpc) is 2.59. The van der Waals surface area contributed by atoms with Crippen molar-refractivity contribution < 1.29 is 9.59 Å². The molecule has 4 nitrogen and oxygen atoms in total. The quantitative estimate of drug-likeness (QED) is 0.822. The number of rotatable bonds is 3. The molecule has 0 aliphatic carbocycles. The van der Waals surface area contributed by atoms with E-state index in [1.807, 2.05) is 32.9 Å². The minimum absolute atomic E-state index is 0.118. The van der Waals surface area contributed by atoms with Gasteiger partial charge in [0.15, 0.2) is 0 Å². The SMILES string of the molecule is Cc1ccc(C)c2c1C(=O)N(CC(C)CN)C2=O. The molecule has 1 unspecified atom stereocenters. The number of hydrogen-bond donors (Lipinski definition) is 1. The number of carbonyl (C=O) groups excluding carboxylic acids is 2. The highest BCUT2D eigenvalue weighted by atomic mass is 16.2. The Morgan fingerprint density at radius 3 is 1.94 bits per heavy atom. The van der Waals surface area contributed by atoms with E-state index in [9.17, 15) is 9.59 Å². The van der Waals surface area contributed by atoms with Gasteiger partial charge in [-0.1, -0.05) is 19.1 Å². The normalized spacial score (nSPS) is 16.1. The van der Waals surface area contributed by atoms with Gasteiger partial charge in [0.25, 0.3) is 11.8 Å². The van der Waals surface area contributed by atoms with Gasteiger partial charge in [-0.3, -0.25) is 14.5 Å². The van der Waals surface area contributed by atoms with Crippen molar-refractivity contribution in [3.05, 3.63) is 34.4 Å². The fraction of sp³-hybridized carbons (Fsp3) is 0.429. The number of amides is 2. The highest BCUT2D eigenvalue weighted by molar-refractivity contribution is 6.22. The molecule has 0 saturated heterocycles. The second kappa shape index (κ2) is 4.53. The lowest BCUT2D eigenvalue weighted by Gasteiger charge is -2.17. The molecule has 0 radical (unpaired) electrons. The summed E-state index contributed by atoms with van der Waals surface area (Å²) in [5, 5.41) is 0. The third-order valence-corrected chi connectivity index (χ3v) is 3.44. The first-order valence-corrected chi connectivity index (χ1v) is 6.13. The minimum atomic E-state index is -0.184. The van der Waals surface area contributed by atoms with E-state index in [1.165, 1.54) is 4.90 Å². The number of fused-ring (bicyclic) bond motifs is 1. The number of carbonyl (C=O) groups is 2. The monoisotopic (exact) mass is 246 g/mol. The van der Waals surface area contributed by atoms with Crippen LogP contribution in [0.1, 0.15) is 38.8 Å². The maximum absolute atomic E-state index is 12.3. The first kappa shape index (κ1) is 12.8. The van der Waals surface area contributed by atoms with Crippen LogP contribution in [-0.4, -0.2) is 29.8 Å². The first-order chi connectivity index (χ1) is 8.47. The molecule has 0 saturated carbocycles. The Labute approximate surface area is 107 Å². The predicted molar refractivity (Wildman–Crippen MR) is 69.5 cm³/mol. The zero-order chi connectivity index (χ0) is 13.4. The smallest absolute Gasteiger partial charge is 0.261 e. The van der Waals surface area contributed by atoms with Crippen molar-refractivity contribution in [1.82, 2.24) is 4.90 Å². The van der Waals surface area contributed by atoms with E-state index >= 15 is 0 Å². The van der Waals surface area contributed by atoms with Crippen molar-refractivity contribution >= 4 is 11.8 Å². The van der Waals surface area contributed by atoms with Crippen molar-refractivity contribution in [2.24, 2.45) is 11.7 Å². The molecule has 1 heterocycles. The molecule has 1 aromatic carbocycles. The summed E-state index contributed by atoms with van der Waals surface area (Å²) in [7, 11) is 0. The van der Waals surface area contributed by atoms with Gasteiger partial charge in [-0.2, -0.15) is 0 Å². The highest BCUT2D eigenvalue weighted by Crippen LogP contribution is 2.28. The summed E-state index contributed by atoms with van der Waals surface area (Å²) in [4.78, 5) is 25.9. The van der Waals surface area contributed by atoms with E-state index in [4.69, 9.17) is 5.73 Å². The van der Waals surface area contributed by atoms with Crippen molar-refractivity contribution in [1.29, 1.82) is 0 Å². The van der Waals surface area contributed by atoms with Crippen LogP contribution in [0.25, 0.3) is 0 Å². The standard InChI is InChI=1S/C14H18N2O2/c1-8(6-15)7-16-13(17)11-9(2)4-5-10(3)12(11)14(16)18/h4-5,8H,6-7,15H2,1-3H3. The molecule has 1 aliphatic rings. The molecule has 4 heteroatoms. The molecule has 18 heavy (non-hydrogen) atoms. The Morgan fingerprint density at radius 2 is 1.56 bits per heavy atom. The van der Waals surface area contributed by atoms with Crippen molar-refractivity contribution in [3.63, 3.8) is 0 Å². The van der Waals surface area contributed by atoms with Crippen LogP contribution in [0.2, 0.25) is 0 Å². The topological polar surface area (TPSA) is 63.4 Å². The van der Waals surface area contributed by atoms with Gasteiger partial charge >= 0.3 is 0 Å². The summed E-state index contributed by atoms with van der Waals surface area (Å²) >= 11 is 0. The summed E-state index contributed by atoms with van der Waals surface area (Å²) in [6.07, 6.45) is 0. The molecule has 0 bridgehead atoms. The highest BCUT2D eigenvalue weighted by Gasteiger charge is 2.38. The van der Waals surface area contributed by atoms with Crippen molar-refractivity contribution in [2.75, 3.05) is 13.1 Å². The van der Waals surface area contributed by atoms with Gasteiger partial charge in [-0.05, 0) is 37.4 Å². The summed E-state index contributed by atoms with van der Waals surface area (Å²) in [5.41, 5.74) is 8.39. The molecular weight excluding hydrogens is 228 g/mol. The summed E-state index contributed by atoms with van der Waals surface area (Å²) in [6, 6.07) is 3.77. The lowest BCUT2D eigenvalue weighted by Crippen LogP contribution is -2.36. The molecule has 2 N–H and O–H groups in total. The zero-order valence-electron chi connectivity index (χ0n) is 11.0. The minimum Gasteiger partial charge on any atom is -0.330 e. The van der Waals surface area contributed by atoms with Gasteiger partial charge < -0.3 is 5.73 Å². The Kier molecular flexibility index (Phi) is 3.22. The molecular formula is C14H18N2O2. The van der Waals surface area contributed by atoms with Crippen LogP contribution in [0.3, 0.4) is 0 Å². The Morgan fingerprint density at radius 1 is 1.11 bits per heavy atom. The van der Waals surface area contributed by atoms with E-state index in [1.54, 1.807) is 0 Å². The van der Waals surface area contributed by atoms with Crippen LogP contribution in [-0.2, 0) is 0 Å². The lowest BCUT2D eigenvalue weighted by molar-refractivity contribution is 0.0634. The van der Waals surface area contributed by atoms with Gasteiger partial charge in [-0.25, -0.2) is 0 Å². The van der Waals surface area contributed by atoms with Crippen LogP contribution in [0.15, 0.2) is 12.1 Å². The molecule has 2 rings (SSSR count). The number of benzene rings is 1. The summed E-state index contributed by atoms with van der Waals surface area (Å²) < 4.78 is 0. The van der Waals surface area contributed by atoms with Crippen LogP contribution >= 0.6 is 0 Å². The second-order valence-corrected chi connectivity index (χ2v) is 5.01. The van der Waals surface area contributed by atoms with Gasteiger partial charge in [0.2, 0.25) is 0 Å². The van der Waals surface area contributed by atoms with Crippen LogP contribution in [0, 0.1) is 19.8 Å². The zero-order valence-corrected chi connectivity index (χ0v) is 11.0. The molecule has 2 amide bonds. The summed E-state index contributed by atoms with van der Waals surface area (Å²) in [6.45, 7) is 6.51.